The van der Waals surface area contributed by atoms with Crippen LogP contribution in [0.15, 0.2) is 76.4 Å². The van der Waals surface area contributed by atoms with Crippen molar-refractivity contribution in [2.75, 3.05) is 5.01 Å². The smallest absolute Gasteiger partial charge is 0.354 e. The number of carbonyl (C=O) groups excluding carboxylic acids is 2. The molecule has 1 aromatic heterocycles. The van der Waals surface area contributed by atoms with Crippen LogP contribution < -0.4 is 5.01 Å². The van der Waals surface area contributed by atoms with Gasteiger partial charge in [-0.3, -0.25) is 4.79 Å². The molecule has 140 valence electrons. The molecule has 0 bridgehead atoms. The summed E-state index contributed by atoms with van der Waals surface area (Å²) in [6, 6.07) is 20.3. The minimum absolute atomic E-state index is 0.0586. The summed E-state index contributed by atoms with van der Waals surface area (Å²) in [5.74, 6) is -0.309. The minimum atomic E-state index is -0.578. The number of anilines is 1. The monoisotopic (exact) mass is 375 g/mol. The van der Waals surface area contributed by atoms with Crippen LogP contribution in [-0.4, -0.2) is 22.7 Å². The first kappa shape index (κ1) is 17.7. The fourth-order valence-electron chi connectivity index (χ4n) is 2.82. The lowest BCUT2D eigenvalue weighted by molar-refractivity contribution is -0.137. The van der Waals surface area contributed by atoms with Gasteiger partial charge in [0, 0.05) is 24.5 Å². The van der Waals surface area contributed by atoms with Crippen molar-refractivity contribution < 1.29 is 18.8 Å². The molecule has 0 saturated carbocycles. The van der Waals surface area contributed by atoms with E-state index in [9.17, 15) is 9.59 Å². The number of benzene rings is 2. The van der Waals surface area contributed by atoms with Gasteiger partial charge in [-0.15, -0.1) is 0 Å². The first-order chi connectivity index (χ1) is 13.7. The molecule has 0 spiro atoms. The van der Waals surface area contributed by atoms with E-state index in [2.05, 4.69) is 10.3 Å². The summed E-state index contributed by atoms with van der Waals surface area (Å²) in [4.78, 5) is 24.5. The van der Waals surface area contributed by atoms with Crippen LogP contribution in [0.5, 0.6) is 0 Å². The van der Waals surface area contributed by atoms with Crippen molar-refractivity contribution in [1.29, 1.82) is 0 Å². The molecule has 1 aliphatic heterocycles. The van der Waals surface area contributed by atoms with Gasteiger partial charge in [-0.2, -0.15) is 5.10 Å². The van der Waals surface area contributed by atoms with Gasteiger partial charge >= 0.3 is 5.97 Å². The number of amides is 1. The van der Waals surface area contributed by atoms with E-state index in [1.807, 2.05) is 36.4 Å². The van der Waals surface area contributed by atoms with Crippen molar-refractivity contribution in [2.45, 2.75) is 19.4 Å². The van der Waals surface area contributed by atoms with Gasteiger partial charge in [0.2, 0.25) is 5.91 Å². The molecule has 0 atom stereocenters. The predicted octanol–water partition coefficient (Wildman–Crippen LogP) is 3.57. The number of hydrogen-bond acceptors (Lipinski definition) is 6. The number of carbonyl (C=O) groups is 2. The number of nitrogens with zero attached hydrogens (tertiary/aromatic N) is 3. The second-order valence-corrected chi connectivity index (χ2v) is 6.21. The number of hydrogen-bond donors (Lipinski definition) is 0. The summed E-state index contributed by atoms with van der Waals surface area (Å²) >= 11 is 0. The average molecular weight is 375 g/mol. The number of aromatic nitrogens is 1. The molecule has 0 saturated heterocycles. The Morgan fingerprint density at radius 3 is 2.50 bits per heavy atom. The zero-order valence-electron chi connectivity index (χ0n) is 14.9. The molecule has 28 heavy (non-hydrogen) atoms. The molecule has 7 heteroatoms. The summed E-state index contributed by atoms with van der Waals surface area (Å²) < 4.78 is 10.5. The Bertz CT molecular complexity index is 1010. The van der Waals surface area contributed by atoms with Gasteiger partial charge in [0.1, 0.15) is 11.4 Å². The van der Waals surface area contributed by atoms with E-state index in [1.54, 1.807) is 30.3 Å². The van der Waals surface area contributed by atoms with Crippen LogP contribution in [-0.2, 0) is 20.9 Å². The highest BCUT2D eigenvalue weighted by molar-refractivity contribution is 6.37. The Labute approximate surface area is 161 Å². The molecule has 0 aliphatic carbocycles. The predicted molar refractivity (Wildman–Crippen MR) is 102 cm³/mol. The van der Waals surface area contributed by atoms with E-state index < -0.39 is 5.97 Å². The summed E-state index contributed by atoms with van der Waals surface area (Å²) in [6.45, 7) is -0.0586. The second-order valence-electron chi connectivity index (χ2n) is 6.21. The maximum absolute atomic E-state index is 12.4. The maximum Gasteiger partial charge on any atom is 0.354 e. The fraction of sp³-hybridized carbons (Fsp3) is 0.143. The van der Waals surface area contributed by atoms with Crippen LogP contribution in [0.3, 0.4) is 0 Å². The number of hydrazone groups is 1. The van der Waals surface area contributed by atoms with Gasteiger partial charge in [-0.05, 0) is 12.1 Å². The Morgan fingerprint density at radius 1 is 1.04 bits per heavy atom. The molecule has 1 aliphatic rings. The van der Waals surface area contributed by atoms with Crippen LogP contribution in [0, 0.1) is 0 Å². The number of rotatable bonds is 5. The van der Waals surface area contributed by atoms with Gasteiger partial charge in [0.15, 0.2) is 12.4 Å². The van der Waals surface area contributed by atoms with Crippen molar-refractivity contribution in [1.82, 2.24) is 5.16 Å². The maximum atomic E-state index is 12.4. The van der Waals surface area contributed by atoms with Crippen LogP contribution in [0.1, 0.15) is 18.6 Å². The SMILES string of the molecule is O=C(OCc1cc(-c2ccccc2)no1)C1=NN(c2ccccc2)C(=O)CC1. The molecule has 0 N–H and O–H groups in total. The van der Waals surface area contributed by atoms with Crippen molar-refractivity contribution in [3.63, 3.8) is 0 Å². The summed E-state index contributed by atoms with van der Waals surface area (Å²) in [5, 5.41) is 9.41. The van der Waals surface area contributed by atoms with Crippen molar-refractivity contribution in [3.8, 4) is 11.3 Å². The zero-order valence-corrected chi connectivity index (χ0v) is 14.9. The third-order valence-corrected chi connectivity index (χ3v) is 4.24. The van der Waals surface area contributed by atoms with Gasteiger partial charge in [0.05, 0.1) is 5.69 Å². The highest BCUT2D eigenvalue weighted by Gasteiger charge is 2.26. The van der Waals surface area contributed by atoms with E-state index in [0.717, 1.165) is 5.56 Å². The molecule has 0 unspecified atom stereocenters. The molecule has 2 aromatic carbocycles. The van der Waals surface area contributed by atoms with Crippen molar-refractivity contribution in [3.05, 3.63) is 72.5 Å². The molecule has 3 aromatic rings. The van der Waals surface area contributed by atoms with E-state index in [1.165, 1.54) is 5.01 Å². The highest BCUT2D eigenvalue weighted by Crippen LogP contribution is 2.21. The topological polar surface area (TPSA) is 85.0 Å². The Morgan fingerprint density at radius 2 is 1.75 bits per heavy atom. The summed E-state index contributed by atoms with van der Waals surface area (Å²) in [6.07, 6.45) is 0.440. The quantitative estimate of drug-likeness (QED) is 0.637. The van der Waals surface area contributed by atoms with Gasteiger partial charge in [-0.1, -0.05) is 53.7 Å². The van der Waals surface area contributed by atoms with Crippen LogP contribution in [0.4, 0.5) is 5.69 Å². The van der Waals surface area contributed by atoms with Gasteiger partial charge in [-0.25, -0.2) is 9.80 Å². The second kappa shape index (κ2) is 7.87. The molecule has 1 amide bonds. The molecule has 0 fully saturated rings. The number of ether oxygens (including phenoxy) is 1. The molecule has 2 heterocycles. The third kappa shape index (κ3) is 3.83. The normalized spacial score (nSPS) is 13.9. The Kier molecular flexibility index (Phi) is 4.97. The minimum Gasteiger partial charge on any atom is -0.453 e. The largest absolute Gasteiger partial charge is 0.453 e. The molecule has 4 rings (SSSR count). The first-order valence-corrected chi connectivity index (χ1v) is 8.84. The Balaban J connectivity index is 1.42. The third-order valence-electron chi connectivity index (χ3n) is 4.24. The van der Waals surface area contributed by atoms with Crippen molar-refractivity contribution >= 4 is 23.3 Å². The van der Waals surface area contributed by atoms with E-state index in [-0.39, 0.29) is 31.1 Å². The lowest BCUT2D eigenvalue weighted by Crippen LogP contribution is -2.34. The van der Waals surface area contributed by atoms with E-state index >= 15 is 0 Å². The molecule has 0 radical (unpaired) electrons. The van der Waals surface area contributed by atoms with Crippen LogP contribution >= 0.6 is 0 Å². The first-order valence-electron chi connectivity index (χ1n) is 8.84. The molecular weight excluding hydrogens is 358 g/mol. The average Bonchev–Trinajstić information content (AvgIpc) is 3.23. The number of esters is 1. The standard InChI is InChI=1S/C21H17N3O4/c25-20-12-11-18(22-24(20)16-9-5-2-6-10-16)21(26)27-14-17-13-19(23-28-17)15-7-3-1-4-8-15/h1-10,13H,11-12,14H2. The Hall–Kier alpha value is -3.74. The summed E-state index contributed by atoms with van der Waals surface area (Å²) in [5.41, 5.74) is 2.39. The van der Waals surface area contributed by atoms with Gasteiger partial charge < -0.3 is 9.26 Å². The number of para-hydroxylation sites is 1. The van der Waals surface area contributed by atoms with E-state index in [4.69, 9.17) is 9.26 Å². The lowest BCUT2D eigenvalue weighted by Gasteiger charge is -2.22. The highest BCUT2D eigenvalue weighted by atomic mass is 16.5. The molecule has 7 nitrogen and oxygen atoms in total. The van der Waals surface area contributed by atoms with Crippen LogP contribution in [0.2, 0.25) is 0 Å². The van der Waals surface area contributed by atoms with Crippen LogP contribution in [0.25, 0.3) is 11.3 Å². The van der Waals surface area contributed by atoms with Crippen molar-refractivity contribution in [2.24, 2.45) is 5.10 Å². The zero-order chi connectivity index (χ0) is 19.3. The van der Waals surface area contributed by atoms with Gasteiger partial charge in [0.25, 0.3) is 0 Å². The van der Waals surface area contributed by atoms with E-state index in [0.29, 0.717) is 17.1 Å². The molecular formula is C21H17N3O4. The lowest BCUT2D eigenvalue weighted by atomic mass is 10.1. The summed E-state index contributed by atoms with van der Waals surface area (Å²) in [7, 11) is 0. The fourth-order valence-corrected chi connectivity index (χ4v) is 2.82.